The van der Waals surface area contributed by atoms with E-state index in [1.807, 2.05) is 0 Å². The molecule has 0 aromatic heterocycles. The predicted molar refractivity (Wildman–Crippen MR) is 72.7 cm³/mol. The Morgan fingerprint density at radius 1 is 1.06 bits per heavy atom. The summed E-state index contributed by atoms with van der Waals surface area (Å²) in [7, 11) is 2.11. The fourth-order valence-electron chi connectivity index (χ4n) is 3.16. The summed E-state index contributed by atoms with van der Waals surface area (Å²) in [5.41, 5.74) is 0. The molecule has 1 aliphatic rings. The normalized spacial score (nSPS) is 27.0. The van der Waals surface area contributed by atoms with Crippen molar-refractivity contribution in [2.45, 2.75) is 65.2 Å². The molecule has 2 atom stereocenters. The minimum absolute atomic E-state index is 0.883. The first-order chi connectivity index (χ1) is 7.74. The van der Waals surface area contributed by atoms with E-state index in [1.54, 1.807) is 0 Å². The average molecular weight is 225 g/mol. The fourth-order valence-corrected chi connectivity index (χ4v) is 3.16. The van der Waals surface area contributed by atoms with Crippen LogP contribution < -0.4 is 5.32 Å². The van der Waals surface area contributed by atoms with Crippen LogP contribution >= 0.6 is 0 Å². The summed E-state index contributed by atoms with van der Waals surface area (Å²) in [5.74, 6) is 2.85. The van der Waals surface area contributed by atoms with Gasteiger partial charge in [0.1, 0.15) is 0 Å². The van der Waals surface area contributed by atoms with Gasteiger partial charge in [-0.1, -0.05) is 58.8 Å². The molecule has 1 nitrogen and oxygen atoms in total. The number of hydrogen-bond donors (Lipinski definition) is 1. The van der Waals surface area contributed by atoms with Crippen molar-refractivity contribution in [1.29, 1.82) is 0 Å². The molecule has 96 valence electrons. The van der Waals surface area contributed by atoms with E-state index < -0.39 is 0 Å². The van der Waals surface area contributed by atoms with Gasteiger partial charge in [-0.15, -0.1) is 0 Å². The zero-order valence-corrected chi connectivity index (χ0v) is 11.6. The Morgan fingerprint density at radius 2 is 1.75 bits per heavy atom. The lowest BCUT2D eigenvalue weighted by Crippen LogP contribution is -2.25. The molecule has 0 amide bonds. The molecule has 1 N–H and O–H groups in total. The molecule has 1 saturated carbocycles. The minimum Gasteiger partial charge on any atom is -0.319 e. The van der Waals surface area contributed by atoms with Crippen molar-refractivity contribution < 1.29 is 0 Å². The molecule has 0 aliphatic heterocycles. The lowest BCUT2D eigenvalue weighted by molar-refractivity contribution is 0.277. The van der Waals surface area contributed by atoms with Gasteiger partial charge < -0.3 is 5.32 Å². The quantitative estimate of drug-likeness (QED) is 0.667. The van der Waals surface area contributed by atoms with Crippen LogP contribution in [0.25, 0.3) is 0 Å². The van der Waals surface area contributed by atoms with Gasteiger partial charge in [0.2, 0.25) is 0 Å². The molecule has 1 aliphatic carbocycles. The Hall–Kier alpha value is -0.0400. The molecule has 1 heteroatoms. The van der Waals surface area contributed by atoms with E-state index in [9.17, 15) is 0 Å². The van der Waals surface area contributed by atoms with E-state index in [-0.39, 0.29) is 0 Å². The minimum atomic E-state index is 0.883. The molecule has 0 heterocycles. The summed E-state index contributed by atoms with van der Waals surface area (Å²) in [6.45, 7) is 5.93. The second kappa shape index (κ2) is 8.11. The van der Waals surface area contributed by atoms with Gasteiger partial charge in [-0.3, -0.25) is 0 Å². The van der Waals surface area contributed by atoms with Crippen LogP contribution in [0.4, 0.5) is 0 Å². The Morgan fingerprint density at radius 3 is 2.38 bits per heavy atom. The smallest absolute Gasteiger partial charge is 0.00209 e. The van der Waals surface area contributed by atoms with E-state index in [0.717, 1.165) is 17.8 Å². The third-order valence-corrected chi connectivity index (χ3v) is 4.14. The van der Waals surface area contributed by atoms with Crippen LogP contribution in [-0.4, -0.2) is 13.6 Å². The summed E-state index contributed by atoms with van der Waals surface area (Å²) >= 11 is 0. The maximum atomic E-state index is 3.39. The van der Waals surface area contributed by atoms with Gasteiger partial charge in [-0.05, 0) is 37.8 Å². The molecule has 0 saturated heterocycles. The average Bonchev–Trinajstić information content (AvgIpc) is 2.45. The van der Waals surface area contributed by atoms with Crippen LogP contribution in [-0.2, 0) is 0 Å². The molecule has 0 radical (unpaired) electrons. The summed E-state index contributed by atoms with van der Waals surface area (Å²) in [6, 6.07) is 0. The largest absolute Gasteiger partial charge is 0.319 e. The predicted octanol–water partition coefficient (Wildman–Crippen LogP) is 4.23. The van der Waals surface area contributed by atoms with E-state index in [2.05, 4.69) is 26.2 Å². The molecule has 0 aromatic rings. The number of nitrogens with one attached hydrogen (secondary N) is 1. The van der Waals surface area contributed by atoms with Crippen molar-refractivity contribution in [3.05, 3.63) is 0 Å². The van der Waals surface area contributed by atoms with Crippen molar-refractivity contribution in [2.75, 3.05) is 13.6 Å². The number of hydrogen-bond acceptors (Lipinski definition) is 1. The molecule has 0 spiro atoms. The van der Waals surface area contributed by atoms with Crippen LogP contribution in [0.3, 0.4) is 0 Å². The van der Waals surface area contributed by atoms with Crippen molar-refractivity contribution in [2.24, 2.45) is 17.8 Å². The third-order valence-electron chi connectivity index (χ3n) is 4.14. The van der Waals surface area contributed by atoms with Crippen molar-refractivity contribution in [1.82, 2.24) is 5.32 Å². The number of rotatable bonds is 6. The van der Waals surface area contributed by atoms with Crippen LogP contribution in [0.2, 0.25) is 0 Å². The van der Waals surface area contributed by atoms with Crippen LogP contribution in [0.5, 0.6) is 0 Å². The lowest BCUT2D eigenvalue weighted by Gasteiger charge is -2.25. The van der Waals surface area contributed by atoms with Crippen molar-refractivity contribution in [3.8, 4) is 0 Å². The molecule has 0 bridgehead atoms. The molecule has 1 fully saturated rings. The van der Waals surface area contributed by atoms with Crippen LogP contribution in [0.15, 0.2) is 0 Å². The topological polar surface area (TPSA) is 12.0 Å². The van der Waals surface area contributed by atoms with E-state index in [4.69, 9.17) is 0 Å². The van der Waals surface area contributed by atoms with Gasteiger partial charge in [0.15, 0.2) is 0 Å². The highest BCUT2D eigenvalue weighted by Crippen LogP contribution is 2.32. The molecule has 2 unspecified atom stereocenters. The molecular formula is C15H31N. The Balaban J connectivity index is 2.32. The maximum Gasteiger partial charge on any atom is -0.00209 e. The molecule has 0 aromatic carbocycles. The van der Waals surface area contributed by atoms with Crippen molar-refractivity contribution in [3.63, 3.8) is 0 Å². The Kier molecular flexibility index (Phi) is 7.11. The zero-order valence-electron chi connectivity index (χ0n) is 11.6. The first-order valence-corrected chi connectivity index (χ1v) is 7.38. The van der Waals surface area contributed by atoms with E-state index in [1.165, 1.54) is 57.9 Å². The fraction of sp³-hybridized carbons (Fsp3) is 1.00. The first-order valence-electron chi connectivity index (χ1n) is 7.38. The molecule has 16 heavy (non-hydrogen) atoms. The maximum absolute atomic E-state index is 3.39. The summed E-state index contributed by atoms with van der Waals surface area (Å²) in [5, 5.41) is 3.39. The second-order valence-corrected chi connectivity index (χ2v) is 6.04. The summed E-state index contributed by atoms with van der Waals surface area (Å²) in [4.78, 5) is 0. The third kappa shape index (κ3) is 5.34. The van der Waals surface area contributed by atoms with Gasteiger partial charge >= 0.3 is 0 Å². The Bertz CT molecular complexity index is 165. The molecular weight excluding hydrogens is 194 g/mol. The summed E-state index contributed by atoms with van der Waals surface area (Å²) in [6.07, 6.45) is 11.7. The van der Waals surface area contributed by atoms with E-state index >= 15 is 0 Å². The Labute approximate surface area is 102 Å². The monoisotopic (exact) mass is 225 g/mol. The summed E-state index contributed by atoms with van der Waals surface area (Å²) < 4.78 is 0. The van der Waals surface area contributed by atoms with Gasteiger partial charge in [-0.2, -0.15) is 0 Å². The second-order valence-electron chi connectivity index (χ2n) is 6.04. The first kappa shape index (κ1) is 14.0. The van der Waals surface area contributed by atoms with Crippen LogP contribution in [0.1, 0.15) is 65.2 Å². The zero-order chi connectivity index (χ0) is 11.8. The van der Waals surface area contributed by atoms with E-state index in [0.29, 0.717) is 0 Å². The highest BCUT2D eigenvalue weighted by Gasteiger charge is 2.22. The van der Waals surface area contributed by atoms with Crippen molar-refractivity contribution >= 4 is 0 Å². The molecule has 1 rings (SSSR count). The van der Waals surface area contributed by atoms with Gasteiger partial charge in [0.25, 0.3) is 0 Å². The lowest BCUT2D eigenvalue weighted by atomic mass is 9.83. The highest BCUT2D eigenvalue weighted by molar-refractivity contribution is 4.75. The van der Waals surface area contributed by atoms with Gasteiger partial charge in [-0.25, -0.2) is 0 Å². The standard InChI is InChI=1S/C15H31N/c1-13(2)8-7-11-14-9-5-4-6-10-15(14)12-16-3/h13-16H,4-12H2,1-3H3. The van der Waals surface area contributed by atoms with Gasteiger partial charge in [0, 0.05) is 0 Å². The van der Waals surface area contributed by atoms with Crippen LogP contribution in [0, 0.1) is 17.8 Å². The SMILES string of the molecule is CNCC1CCCCCC1CCCC(C)C. The van der Waals surface area contributed by atoms with Gasteiger partial charge in [0.05, 0.1) is 0 Å². The highest BCUT2D eigenvalue weighted by atomic mass is 14.8.